The Balaban J connectivity index is 2.18. The zero-order chi connectivity index (χ0) is 13.2. The van der Waals surface area contributed by atoms with Crippen molar-refractivity contribution in [1.82, 2.24) is 0 Å². The van der Waals surface area contributed by atoms with Crippen molar-refractivity contribution in [2.75, 3.05) is 0 Å². The molecule has 1 aromatic carbocycles. The Hall–Kier alpha value is -1.44. The van der Waals surface area contributed by atoms with E-state index < -0.39 is 0 Å². The van der Waals surface area contributed by atoms with Crippen LogP contribution in [0.3, 0.4) is 0 Å². The Bertz CT molecular complexity index is 369. The molecule has 0 spiro atoms. The summed E-state index contributed by atoms with van der Waals surface area (Å²) < 4.78 is 0. The fourth-order valence-corrected chi connectivity index (χ4v) is 1.91. The number of aromatic hydroxyl groups is 2. The first-order valence-electron chi connectivity index (χ1n) is 6.92. The van der Waals surface area contributed by atoms with E-state index in [1.165, 1.54) is 44.6 Å². The highest BCUT2D eigenvalue weighted by Crippen LogP contribution is 2.25. The Kier molecular flexibility index (Phi) is 7.00. The number of hydrogen-bond acceptors (Lipinski definition) is 2. The van der Waals surface area contributed by atoms with Gasteiger partial charge in [-0.25, -0.2) is 0 Å². The maximum atomic E-state index is 9.34. The molecule has 0 aliphatic heterocycles. The topological polar surface area (TPSA) is 40.5 Å². The van der Waals surface area contributed by atoms with Gasteiger partial charge in [-0.05, 0) is 30.5 Å². The molecule has 0 saturated carbocycles. The van der Waals surface area contributed by atoms with E-state index in [-0.39, 0.29) is 11.5 Å². The molecule has 0 aliphatic rings. The monoisotopic (exact) mass is 248 g/mol. The number of rotatable bonds is 8. The molecule has 0 unspecified atom stereocenters. The van der Waals surface area contributed by atoms with Gasteiger partial charge >= 0.3 is 0 Å². The molecule has 2 nitrogen and oxygen atoms in total. The molecule has 0 saturated heterocycles. The van der Waals surface area contributed by atoms with E-state index in [2.05, 4.69) is 13.0 Å². The van der Waals surface area contributed by atoms with Crippen LogP contribution in [0.25, 0.3) is 6.08 Å². The first-order chi connectivity index (χ1) is 8.74. The first-order valence-corrected chi connectivity index (χ1v) is 6.92. The minimum atomic E-state index is -0.0666. The van der Waals surface area contributed by atoms with Crippen molar-refractivity contribution in [3.8, 4) is 11.5 Å². The van der Waals surface area contributed by atoms with Gasteiger partial charge in [-0.15, -0.1) is 0 Å². The summed E-state index contributed by atoms with van der Waals surface area (Å²) in [5, 5.41) is 18.5. The van der Waals surface area contributed by atoms with Crippen LogP contribution in [-0.4, -0.2) is 10.2 Å². The van der Waals surface area contributed by atoms with E-state index in [1.54, 1.807) is 12.1 Å². The molecule has 0 amide bonds. The van der Waals surface area contributed by atoms with Gasteiger partial charge in [-0.2, -0.15) is 0 Å². The van der Waals surface area contributed by atoms with Gasteiger partial charge in [-0.3, -0.25) is 0 Å². The van der Waals surface area contributed by atoms with Crippen molar-refractivity contribution in [3.63, 3.8) is 0 Å². The number of unbranched alkanes of at least 4 members (excludes halogenated alkanes) is 6. The maximum Gasteiger partial charge on any atom is 0.157 e. The van der Waals surface area contributed by atoms with Gasteiger partial charge in [0.05, 0.1) is 0 Å². The molecule has 0 fully saturated rings. The van der Waals surface area contributed by atoms with E-state index in [0.29, 0.717) is 0 Å². The number of hydrogen-bond donors (Lipinski definition) is 2. The van der Waals surface area contributed by atoms with Gasteiger partial charge in [0, 0.05) is 0 Å². The molecule has 0 atom stereocenters. The van der Waals surface area contributed by atoms with Gasteiger partial charge < -0.3 is 10.2 Å². The average Bonchev–Trinajstić information content (AvgIpc) is 2.37. The lowest BCUT2D eigenvalue weighted by Crippen LogP contribution is -1.78. The van der Waals surface area contributed by atoms with Gasteiger partial charge in [0.15, 0.2) is 11.5 Å². The van der Waals surface area contributed by atoms with Crippen LogP contribution < -0.4 is 0 Å². The van der Waals surface area contributed by atoms with Crippen LogP contribution in [0.4, 0.5) is 0 Å². The third-order valence-electron chi connectivity index (χ3n) is 3.03. The van der Waals surface area contributed by atoms with Crippen molar-refractivity contribution in [3.05, 3.63) is 29.8 Å². The SMILES string of the molecule is CCCCCCCC/C=C/c1ccc(O)c(O)c1. The van der Waals surface area contributed by atoms with Crippen LogP contribution in [0, 0.1) is 0 Å². The Morgan fingerprint density at radius 3 is 2.39 bits per heavy atom. The summed E-state index contributed by atoms with van der Waals surface area (Å²) in [4.78, 5) is 0. The molecule has 2 heteroatoms. The second-order valence-corrected chi connectivity index (χ2v) is 4.71. The van der Waals surface area contributed by atoms with Crippen LogP contribution in [0.5, 0.6) is 11.5 Å². The van der Waals surface area contributed by atoms with Gasteiger partial charge in [0.25, 0.3) is 0 Å². The molecule has 18 heavy (non-hydrogen) atoms. The van der Waals surface area contributed by atoms with Crippen LogP contribution in [0.15, 0.2) is 24.3 Å². The second kappa shape index (κ2) is 8.62. The summed E-state index contributed by atoms with van der Waals surface area (Å²) in [6.07, 6.45) is 13.1. The van der Waals surface area contributed by atoms with Gasteiger partial charge in [0.2, 0.25) is 0 Å². The van der Waals surface area contributed by atoms with Crippen LogP contribution in [0.1, 0.15) is 57.4 Å². The van der Waals surface area contributed by atoms with E-state index in [9.17, 15) is 10.2 Å². The molecule has 0 heterocycles. The highest BCUT2D eigenvalue weighted by molar-refractivity contribution is 5.54. The summed E-state index contributed by atoms with van der Waals surface area (Å²) in [5.74, 6) is -0.125. The number of phenolic OH excluding ortho intramolecular Hbond substituents is 2. The Labute approximate surface area is 110 Å². The predicted octanol–water partition coefficient (Wildman–Crippen LogP) is 4.86. The molecular formula is C16H24O2. The lowest BCUT2D eigenvalue weighted by molar-refractivity contribution is 0.403. The van der Waals surface area contributed by atoms with Crippen molar-refractivity contribution >= 4 is 6.08 Å². The molecule has 0 bridgehead atoms. The average molecular weight is 248 g/mol. The highest BCUT2D eigenvalue weighted by atomic mass is 16.3. The summed E-state index contributed by atoms with van der Waals surface area (Å²) in [6.45, 7) is 2.23. The Morgan fingerprint density at radius 2 is 1.67 bits per heavy atom. The smallest absolute Gasteiger partial charge is 0.157 e. The van der Waals surface area contributed by atoms with Gasteiger partial charge in [-0.1, -0.05) is 57.2 Å². The van der Waals surface area contributed by atoms with Crippen LogP contribution in [-0.2, 0) is 0 Å². The lowest BCUT2D eigenvalue weighted by atomic mass is 10.1. The third-order valence-corrected chi connectivity index (χ3v) is 3.03. The quantitative estimate of drug-likeness (QED) is 0.509. The zero-order valence-electron chi connectivity index (χ0n) is 11.2. The van der Waals surface area contributed by atoms with Crippen LogP contribution >= 0.6 is 0 Å². The minimum Gasteiger partial charge on any atom is -0.504 e. The first kappa shape index (κ1) is 14.6. The predicted molar refractivity (Wildman–Crippen MR) is 76.8 cm³/mol. The van der Waals surface area contributed by atoms with Gasteiger partial charge in [0.1, 0.15) is 0 Å². The van der Waals surface area contributed by atoms with E-state index in [4.69, 9.17) is 0 Å². The molecule has 2 N–H and O–H groups in total. The van der Waals surface area contributed by atoms with Crippen molar-refractivity contribution in [1.29, 1.82) is 0 Å². The second-order valence-electron chi connectivity index (χ2n) is 4.71. The molecule has 0 aliphatic carbocycles. The summed E-state index contributed by atoms with van der Waals surface area (Å²) in [5.41, 5.74) is 0.927. The largest absolute Gasteiger partial charge is 0.504 e. The number of allylic oxidation sites excluding steroid dienone is 1. The fourth-order valence-electron chi connectivity index (χ4n) is 1.91. The number of benzene rings is 1. The van der Waals surface area contributed by atoms with E-state index in [0.717, 1.165) is 12.0 Å². The van der Waals surface area contributed by atoms with Crippen molar-refractivity contribution < 1.29 is 10.2 Å². The third kappa shape index (κ3) is 5.76. The summed E-state index contributed by atoms with van der Waals surface area (Å²) in [6, 6.07) is 4.89. The highest BCUT2D eigenvalue weighted by Gasteiger charge is 1.97. The molecule has 0 aromatic heterocycles. The molecular weight excluding hydrogens is 224 g/mol. The fraction of sp³-hybridized carbons (Fsp3) is 0.500. The number of phenols is 2. The summed E-state index contributed by atoms with van der Waals surface area (Å²) in [7, 11) is 0. The zero-order valence-corrected chi connectivity index (χ0v) is 11.2. The lowest BCUT2D eigenvalue weighted by Gasteiger charge is -1.99. The van der Waals surface area contributed by atoms with E-state index >= 15 is 0 Å². The minimum absolute atomic E-state index is 0.0586. The van der Waals surface area contributed by atoms with Crippen LogP contribution in [0.2, 0.25) is 0 Å². The van der Waals surface area contributed by atoms with Crippen molar-refractivity contribution in [2.24, 2.45) is 0 Å². The normalized spacial score (nSPS) is 11.2. The van der Waals surface area contributed by atoms with Crippen molar-refractivity contribution in [2.45, 2.75) is 51.9 Å². The summed E-state index contributed by atoms with van der Waals surface area (Å²) >= 11 is 0. The molecule has 0 radical (unpaired) electrons. The molecule has 1 aromatic rings. The standard InChI is InChI=1S/C16H24O2/c1-2-3-4-5-6-7-8-9-10-14-11-12-15(17)16(18)13-14/h9-13,17-18H,2-8H2,1H3/b10-9+. The Morgan fingerprint density at radius 1 is 0.944 bits per heavy atom. The van der Waals surface area contributed by atoms with E-state index in [1.807, 2.05) is 6.08 Å². The molecule has 100 valence electrons. The molecule has 1 rings (SSSR count). The maximum absolute atomic E-state index is 9.34.